The Hall–Kier alpha value is -3.10. The number of pyridine rings is 1. The molecule has 0 atom stereocenters. The molecule has 0 aliphatic rings. The van der Waals surface area contributed by atoms with Crippen LogP contribution in [0.2, 0.25) is 5.02 Å². The summed E-state index contributed by atoms with van der Waals surface area (Å²) >= 11 is 6.25. The number of para-hydroxylation sites is 1. The molecule has 2 aromatic heterocycles. The van der Waals surface area contributed by atoms with Crippen LogP contribution in [0.4, 0.5) is 0 Å². The van der Waals surface area contributed by atoms with E-state index in [1.165, 1.54) is 0 Å². The number of H-pyrrole nitrogens is 1. The Morgan fingerprint density at radius 2 is 1.54 bits per heavy atom. The predicted octanol–water partition coefficient (Wildman–Crippen LogP) is 6.70. The van der Waals surface area contributed by atoms with Crippen LogP contribution in [0.3, 0.4) is 0 Å². The average Bonchev–Trinajstić information content (AvgIpc) is 3.10. The summed E-state index contributed by atoms with van der Waals surface area (Å²) in [6.07, 6.45) is 2.05. The van der Waals surface area contributed by atoms with Crippen LogP contribution in [-0.2, 0) is 0 Å². The van der Waals surface area contributed by atoms with Gasteiger partial charge in [0.2, 0.25) is 0 Å². The van der Waals surface area contributed by atoms with Crippen LogP contribution in [0, 0.1) is 0 Å². The third-order valence-electron chi connectivity index (χ3n) is 4.72. The van der Waals surface area contributed by atoms with Crippen molar-refractivity contribution in [3.05, 3.63) is 90.1 Å². The normalized spacial score (nSPS) is 11.3. The molecule has 0 amide bonds. The van der Waals surface area contributed by atoms with Gasteiger partial charge in [0.25, 0.3) is 0 Å². The number of halogens is 1. The first kappa shape index (κ1) is 15.2. The Labute approximate surface area is 156 Å². The van der Waals surface area contributed by atoms with Gasteiger partial charge in [-0.05, 0) is 35.9 Å². The molecule has 124 valence electrons. The lowest BCUT2D eigenvalue weighted by Crippen LogP contribution is -1.89. The number of aromatic amines is 1. The highest BCUT2D eigenvalue weighted by atomic mass is 35.5. The number of nitrogens with zero attached hydrogens (tertiary/aromatic N) is 1. The zero-order chi connectivity index (χ0) is 17.5. The Kier molecular flexibility index (Phi) is 3.51. The van der Waals surface area contributed by atoms with Gasteiger partial charge >= 0.3 is 0 Å². The van der Waals surface area contributed by atoms with Crippen LogP contribution in [0.25, 0.3) is 44.2 Å². The van der Waals surface area contributed by atoms with E-state index in [2.05, 4.69) is 47.6 Å². The van der Waals surface area contributed by atoms with E-state index < -0.39 is 0 Å². The minimum absolute atomic E-state index is 0.736. The standard InChI is InChI=1S/C23H15ClN2/c24-16-10-11-21-19(12-16)20(14-25-21)18-13-23(15-6-2-1-3-7-15)26-22-9-5-4-8-17(18)22/h1-14,25H. The van der Waals surface area contributed by atoms with Crippen molar-refractivity contribution in [3.63, 3.8) is 0 Å². The van der Waals surface area contributed by atoms with E-state index in [-0.39, 0.29) is 0 Å². The molecule has 2 nitrogen and oxygen atoms in total. The molecule has 0 aliphatic heterocycles. The van der Waals surface area contributed by atoms with Gasteiger partial charge in [0.1, 0.15) is 0 Å². The van der Waals surface area contributed by atoms with E-state index in [4.69, 9.17) is 16.6 Å². The van der Waals surface area contributed by atoms with Crippen molar-refractivity contribution in [2.75, 3.05) is 0 Å². The second kappa shape index (κ2) is 6.01. The third kappa shape index (κ3) is 2.47. The Morgan fingerprint density at radius 3 is 2.42 bits per heavy atom. The van der Waals surface area contributed by atoms with Gasteiger partial charge in [-0.2, -0.15) is 0 Å². The van der Waals surface area contributed by atoms with Gasteiger partial charge in [-0.1, -0.05) is 60.1 Å². The molecule has 3 heteroatoms. The minimum atomic E-state index is 0.736. The first-order chi connectivity index (χ1) is 12.8. The molecule has 26 heavy (non-hydrogen) atoms. The molecule has 0 saturated carbocycles. The monoisotopic (exact) mass is 354 g/mol. The Bertz CT molecular complexity index is 1240. The number of aromatic nitrogens is 2. The summed E-state index contributed by atoms with van der Waals surface area (Å²) in [6, 6.07) is 26.6. The van der Waals surface area contributed by atoms with Crippen LogP contribution in [-0.4, -0.2) is 9.97 Å². The van der Waals surface area contributed by atoms with E-state index in [9.17, 15) is 0 Å². The Morgan fingerprint density at radius 1 is 0.731 bits per heavy atom. The Balaban J connectivity index is 1.85. The average molecular weight is 355 g/mol. The second-order valence-corrected chi connectivity index (χ2v) is 6.77. The maximum absolute atomic E-state index is 6.25. The molecular formula is C23H15ClN2. The van der Waals surface area contributed by atoms with Crippen molar-refractivity contribution >= 4 is 33.4 Å². The van der Waals surface area contributed by atoms with Crippen molar-refractivity contribution in [2.45, 2.75) is 0 Å². The lowest BCUT2D eigenvalue weighted by Gasteiger charge is -2.10. The zero-order valence-electron chi connectivity index (χ0n) is 13.9. The molecule has 3 aromatic carbocycles. The number of nitrogens with one attached hydrogen (secondary N) is 1. The number of rotatable bonds is 2. The van der Waals surface area contributed by atoms with E-state index in [1.54, 1.807) is 0 Å². The molecule has 0 spiro atoms. The number of fused-ring (bicyclic) bond motifs is 2. The molecule has 5 rings (SSSR count). The molecule has 0 aliphatic carbocycles. The molecule has 5 aromatic rings. The molecular weight excluding hydrogens is 340 g/mol. The highest BCUT2D eigenvalue weighted by molar-refractivity contribution is 6.31. The van der Waals surface area contributed by atoms with E-state index in [0.29, 0.717) is 0 Å². The fourth-order valence-corrected chi connectivity index (χ4v) is 3.64. The lowest BCUT2D eigenvalue weighted by atomic mass is 9.98. The van der Waals surface area contributed by atoms with Crippen LogP contribution in [0.5, 0.6) is 0 Å². The summed E-state index contributed by atoms with van der Waals surface area (Å²) in [4.78, 5) is 8.24. The van der Waals surface area contributed by atoms with Crippen molar-refractivity contribution in [1.29, 1.82) is 0 Å². The predicted molar refractivity (Wildman–Crippen MR) is 109 cm³/mol. The molecule has 0 fully saturated rings. The van der Waals surface area contributed by atoms with Crippen LogP contribution in [0.1, 0.15) is 0 Å². The SMILES string of the molecule is Clc1ccc2[nH]cc(-c3cc(-c4ccccc4)nc4ccccc34)c2c1. The summed E-state index contributed by atoms with van der Waals surface area (Å²) in [5, 5.41) is 2.99. The highest BCUT2D eigenvalue weighted by Gasteiger charge is 2.13. The quantitative estimate of drug-likeness (QED) is 0.375. The number of benzene rings is 3. The van der Waals surface area contributed by atoms with Gasteiger partial charge in [0.05, 0.1) is 11.2 Å². The van der Waals surface area contributed by atoms with E-state index >= 15 is 0 Å². The molecule has 1 N–H and O–H groups in total. The largest absolute Gasteiger partial charge is 0.361 e. The van der Waals surface area contributed by atoms with Gasteiger partial charge in [0.15, 0.2) is 0 Å². The number of hydrogen-bond donors (Lipinski definition) is 1. The number of hydrogen-bond acceptors (Lipinski definition) is 1. The second-order valence-electron chi connectivity index (χ2n) is 6.33. The lowest BCUT2D eigenvalue weighted by molar-refractivity contribution is 1.40. The smallest absolute Gasteiger partial charge is 0.0715 e. The van der Waals surface area contributed by atoms with Gasteiger partial charge < -0.3 is 4.98 Å². The highest BCUT2D eigenvalue weighted by Crippen LogP contribution is 2.36. The summed E-state index contributed by atoms with van der Waals surface area (Å²) in [6.45, 7) is 0. The maximum atomic E-state index is 6.25. The van der Waals surface area contributed by atoms with Crippen molar-refractivity contribution in [2.24, 2.45) is 0 Å². The third-order valence-corrected chi connectivity index (χ3v) is 4.95. The van der Waals surface area contributed by atoms with Gasteiger partial charge in [0, 0.05) is 38.6 Å². The summed E-state index contributed by atoms with van der Waals surface area (Å²) in [7, 11) is 0. The fraction of sp³-hybridized carbons (Fsp3) is 0. The van der Waals surface area contributed by atoms with Gasteiger partial charge in [-0.3, -0.25) is 0 Å². The molecule has 0 radical (unpaired) electrons. The first-order valence-electron chi connectivity index (χ1n) is 8.52. The van der Waals surface area contributed by atoms with E-state index in [0.717, 1.165) is 49.2 Å². The van der Waals surface area contributed by atoms with Crippen LogP contribution in [0.15, 0.2) is 85.1 Å². The van der Waals surface area contributed by atoms with E-state index in [1.807, 2.05) is 42.5 Å². The van der Waals surface area contributed by atoms with Gasteiger partial charge in [-0.15, -0.1) is 0 Å². The van der Waals surface area contributed by atoms with Crippen LogP contribution >= 0.6 is 11.6 Å². The first-order valence-corrected chi connectivity index (χ1v) is 8.89. The molecule has 2 heterocycles. The van der Waals surface area contributed by atoms with Crippen molar-refractivity contribution < 1.29 is 0 Å². The van der Waals surface area contributed by atoms with Crippen molar-refractivity contribution in [1.82, 2.24) is 9.97 Å². The van der Waals surface area contributed by atoms with Gasteiger partial charge in [-0.25, -0.2) is 4.98 Å². The fourth-order valence-electron chi connectivity index (χ4n) is 3.47. The molecule has 0 saturated heterocycles. The van der Waals surface area contributed by atoms with Crippen LogP contribution < -0.4 is 0 Å². The maximum Gasteiger partial charge on any atom is 0.0715 e. The summed E-state index contributed by atoms with van der Waals surface area (Å²) < 4.78 is 0. The topological polar surface area (TPSA) is 28.7 Å². The summed E-state index contributed by atoms with van der Waals surface area (Å²) in [5.74, 6) is 0. The minimum Gasteiger partial charge on any atom is -0.361 e. The molecule has 0 bridgehead atoms. The summed E-state index contributed by atoms with van der Waals surface area (Å²) in [5.41, 5.74) is 6.43. The molecule has 0 unspecified atom stereocenters. The zero-order valence-corrected chi connectivity index (χ0v) is 14.7. The van der Waals surface area contributed by atoms with Crippen molar-refractivity contribution in [3.8, 4) is 22.4 Å².